The molecule has 0 unspecified atom stereocenters. The Balaban J connectivity index is 1.14. The van der Waals surface area contributed by atoms with Gasteiger partial charge in [-0.2, -0.15) is 0 Å². The molecule has 0 bridgehead atoms. The van der Waals surface area contributed by atoms with Gasteiger partial charge in [0.1, 0.15) is 17.0 Å². The van der Waals surface area contributed by atoms with Gasteiger partial charge in [-0.3, -0.25) is 29.3 Å². The van der Waals surface area contributed by atoms with Crippen LogP contribution in [0, 0.1) is 5.82 Å². The fraction of sp³-hybridized carbons (Fsp3) is 0.444. The minimum absolute atomic E-state index is 0.244. The van der Waals surface area contributed by atoms with Crippen molar-refractivity contribution in [2.24, 2.45) is 0 Å². The highest BCUT2D eigenvalue weighted by Gasteiger charge is 2.36. The highest BCUT2D eigenvalue weighted by atomic mass is 35.5. The summed E-state index contributed by atoms with van der Waals surface area (Å²) in [6.07, 6.45) is 4.72. The van der Waals surface area contributed by atoms with E-state index in [2.05, 4.69) is 41.6 Å². The van der Waals surface area contributed by atoms with E-state index in [9.17, 15) is 14.0 Å². The van der Waals surface area contributed by atoms with Crippen molar-refractivity contribution in [2.45, 2.75) is 44.8 Å². The van der Waals surface area contributed by atoms with Crippen LogP contribution in [-0.4, -0.2) is 69.6 Å². The van der Waals surface area contributed by atoms with E-state index in [-0.39, 0.29) is 16.9 Å². The van der Waals surface area contributed by atoms with E-state index < -0.39 is 10.9 Å². The summed E-state index contributed by atoms with van der Waals surface area (Å²) in [4.78, 5) is 43.5. The van der Waals surface area contributed by atoms with Gasteiger partial charge in [0.25, 0.3) is 16.7 Å². The summed E-state index contributed by atoms with van der Waals surface area (Å²) in [5.74, 6) is 1.08. The molecule has 2 saturated heterocycles. The molecule has 4 aliphatic heterocycles. The minimum atomic E-state index is -0.535. The van der Waals surface area contributed by atoms with Crippen molar-refractivity contribution in [3.05, 3.63) is 66.4 Å². The SMILES string of the molecule is CC[C@H]1CN(c2[nH+]c3[nH]c4c(=O)c(=O)c4[nH]cc-3[nH]c2Cl)CCN1C1CCN(Cc2ccc(Cl)cc2F)CC1. The van der Waals surface area contributed by atoms with Crippen LogP contribution in [0.15, 0.2) is 34.0 Å². The third-order valence-corrected chi connectivity index (χ3v) is 8.75. The molecular weight excluding hydrogens is 544 g/mol. The zero-order valence-electron chi connectivity index (χ0n) is 21.6. The Morgan fingerprint density at radius 2 is 1.82 bits per heavy atom. The number of aromatic amines is 4. The van der Waals surface area contributed by atoms with Gasteiger partial charge in [-0.05, 0) is 44.5 Å². The van der Waals surface area contributed by atoms with Crippen LogP contribution in [0.25, 0.3) is 22.6 Å². The average molecular weight is 575 g/mol. The molecule has 2 aromatic rings. The highest BCUT2D eigenvalue weighted by Crippen LogP contribution is 2.29. The molecule has 0 spiro atoms. The number of rotatable bonds is 5. The summed E-state index contributed by atoms with van der Waals surface area (Å²) in [6.45, 7) is 7.17. The molecule has 1 atom stereocenters. The maximum atomic E-state index is 14.3. The second-order valence-electron chi connectivity index (χ2n) is 10.5. The number of anilines is 1. The lowest BCUT2D eigenvalue weighted by molar-refractivity contribution is -0.355. The standard InChI is InChI=1S/C27H30Cl2FN7O2/c1-2-17-14-36(27-25(29)32-20-12-31-21-22(24(39)23(21)38)33-26(20)34-27)9-10-37(17)18-5-7-35(8-6-18)13-15-3-4-16(28)11-19(15)30/h3-4,11-12,17-18,31-32H,2,5-10,13-14H2,1H3,(H,33,34)/p+1/t17-/m0/s1. The smallest absolute Gasteiger partial charge is 0.268 e. The Hall–Kier alpha value is -2.92. The second-order valence-corrected chi connectivity index (χ2v) is 11.3. The molecule has 2 fully saturated rings. The van der Waals surface area contributed by atoms with Crippen LogP contribution in [-0.2, 0) is 6.54 Å². The van der Waals surface area contributed by atoms with Gasteiger partial charge in [0.2, 0.25) is 5.82 Å². The van der Waals surface area contributed by atoms with E-state index in [4.69, 9.17) is 23.2 Å². The number of likely N-dealkylation sites (tertiary alicyclic amines) is 1. The van der Waals surface area contributed by atoms with E-state index in [1.54, 1.807) is 18.3 Å². The first kappa shape index (κ1) is 26.3. The molecule has 9 nitrogen and oxygen atoms in total. The lowest BCUT2D eigenvalue weighted by Gasteiger charge is -2.46. The van der Waals surface area contributed by atoms with Gasteiger partial charge in [-0.15, -0.1) is 0 Å². The molecule has 4 heterocycles. The van der Waals surface area contributed by atoms with Crippen molar-refractivity contribution in [1.82, 2.24) is 24.8 Å². The molecule has 39 heavy (non-hydrogen) atoms. The largest absolute Gasteiger partial charge is 0.353 e. The first-order valence-electron chi connectivity index (χ1n) is 13.4. The lowest BCUT2D eigenvalue weighted by atomic mass is 9.98. The summed E-state index contributed by atoms with van der Waals surface area (Å²) >= 11 is 12.6. The zero-order valence-corrected chi connectivity index (χ0v) is 23.1. The second kappa shape index (κ2) is 10.6. The highest BCUT2D eigenvalue weighted by molar-refractivity contribution is 6.31. The van der Waals surface area contributed by atoms with Gasteiger partial charge in [0.15, 0.2) is 10.7 Å². The van der Waals surface area contributed by atoms with Crippen molar-refractivity contribution in [3.63, 3.8) is 0 Å². The van der Waals surface area contributed by atoms with Crippen molar-refractivity contribution >= 4 is 40.1 Å². The van der Waals surface area contributed by atoms with Crippen molar-refractivity contribution < 1.29 is 9.37 Å². The fourth-order valence-corrected chi connectivity index (χ4v) is 6.47. The van der Waals surface area contributed by atoms with E-state index in [0.29, 0.717) is 45.9 Å². The van der Waals surface area contributed by atoms with Gasteiger partial charge < -0.3 is 9.97 Å². The molecule has 0 aromatic heterocycles. The van der Waals surface area contributed by atoms with E-state index >= 15 is 0 Å². The molecule has 4 N–H and O–H groups in total. The number of fused-ring (bicyclic) bond motifs is 2. The number of hydrogen-bond acceptors (Lipinski definition) is 5. The predicted octanol–water partition coefficient (Wildman–Crippen LogP) is 3.47. The van der Waals surface area contributed by atoms with Crippen LogP contribution >= 0.6 is 23.2 Å². The Kier molecular flexibility index (Phi) is 7.13. The molecule has 206 valence electrons. The molecule has 0 aliphatic carbocycles. The molecule has 6 rings (SSSR count). The molecular formula is C27H31Cl2FN7O2+. The van der Waals surface area contributed by atoms with Crippen LogP contribution in [0.3, 0.4) is 0 Å². The van der Waals surface area contributed by atoms with Gasteiger partial charge in [-0.1, -0.05) is 36.2 Å². The molecule has 12 heteroatoms. The van der Waals surface area contributed by atoms with Gasteiger partial charge in [-0.25, -0.2) is 9.37 Å². The number of benzene rings is 1. The van der Waals surface area contributed by atoms with Crippen LogP contribution < -0.4 is 20.7 Å². The number of hydrogen-bond donors (Lipinski definition) is 3. The number of aromatic nitrogens is 4. The normalized spacial score (nSPS) is 19.9. The summed E-state index contributed by atoms with van der Waals surface area (Å²) in [6, 6.07) is 5.75. The number of piperazine rings is 1. The zero-order chi connectivity index (χ0) is 27.3. The lowest BCUT2D eigenvalue weighted by Crippen LogP contribution is -2.59. The number of piperidine rings is 1. The van der Waals surface area contributed by atoms with Crippen molar-refractivity contribution in [2.75, 3.05) is 37.6 Å². The summed E-state index contributed by atoms with van der Waals surface area (Å²) in [5, 5.41) is 0.881. The van der Waals surface area contributed by atoms with Crippen LogP contribution in [0.1, 0.15) is 31.7 Å². The molecule has 0 saturated carbocycles. The quantitative estimate of drug-likeness (QED) is 0.316. The van der Waals surface area contributed by atoms with Crippen molar-refractivity contribution in [3.8, 4) is 11.5 Å². The first-order chi connectivity index (χ1) is 18.8. The summed E-state index contributed by atoms with van der Waals surface area (Å²) < 4.78 is 14.3. The van der Waals surface area contributed by atoms with Crippen LogP contribution in [0.4, 0.5) is 10.2 Å². The van der Waals surface area contributed by atoms with Gasteiger partial charge >= 0.3 is 0 Å². The third-order valence-electron chi connectivity index (χ3n) is 8.24. The maximum absolute atomic E-state index is 14.3. The molecule has 0 amide bonds. The Morgan fingerprint density at radius 1 is 1.05 bits per heavy atom. The van der Waals surface area contributed by atoms with Crippen LogP contribution in [0.2, 0.25) is 10.2 Å². The molecule has 4 aliphatic rings. The minimum Gasteiger partial charge on any atom is -0.353 e. The fourth-order valence-electron chi connectivity index (χ4n) is 6.04. The maximum Gasteiger partial charge on any atom is 0.268 e. The van der Waals surface area contributed by atoms with Gasteiger partial charge in [0.05, 0.1) is 13.1 Å². The average Bonchev–Trinajstić information content (AvgIpc) is 3.11. The van der Waals surface area contributed by atoms with Crippen LogP contribution in [0.5, 0.6) is 0 Å². The Morgan fingerprint density at radius 3 is 2.56 bits per heavy atom. The monoisotopic (exact) mass is 574 g/mol. The van der Waals surface area contributed by atoms with E-state index in [1.807, 2.05) is 0 Å². The predicted molar refractivity (Wildman–Crippen MR) is 150 cm³/mol. The number of nitrogens with zero attached hydrogens (tertiary/aromatic N) is 3. The Labute approximate surface area is 234 Å². The topological polar surface area (TPSA) is 105 Å². The summed E-state index contributed by atoms with van der Waals surface area (Å²) in [5.41, 5.74) is 0.765. The van der Waals surface area contributed by atoms with E-state index in [0.717, 1.165) is 57.8 Å². The summed E-state index contributed by atoms with van der Waals surface area (Å²) in [7, 11) is 0. The van der Waals surface area contributed by atoms with E-state index in [1.165, 1.54) is 6.07 Å². The van der Waals surface area contributed by atoms with Crippen molar-refractivity contribution in [1.29, 1.82) is 0 Å². The molecule has 0 radical (unpaired) electrons. The number of halogens is 3. The van der Waals surface area contributed by atoms with Gasteiger partial charge in [0, 0.05) is 42.0 Å². The number of H-pyrrole nitrogens is 4. The third kappa shape index (κ3) is 4.95. The molecule has 2 aromatic carbocycles. The number of nitrogens with one attached hydrogen (secondary N) is 4. The first-order valence-corrected chi connectivity index (χ1v) is 14.1. The Bertz CT molecular complexity index is 1590.